The Bertz CT molecular complexity index is 1020. The molecule has 0 aliphatic rings. The molecular weight excluding hydrogens is 376 g/mol. The molecule has 0 spiro atoms. The molecule has 140 valence electrons. The third-order valence-electron chi connectivity index (χ3n) is 3.60. The van der Waals surface area contributed by atoms with Crippen molar-refractivity contribution in [1.82, 2.24) is 4.98 Å². The van der Waals surface area contributed by atoms with Crippen molar-refractivity contribution in [1.29, 1.82) is 0 Å². The molecular formula is C18H15F2N3O3S. The van der Waals surface area contributed by atoms with Crippen molar-refractivity contribution in [2.45, 2.75) is 4.90 Å². The minimum atomic E-state index is -3.81. The van der Waals surface area contributed by atoms with Crippen molar-refractivity contribution in [3.63, 3.8) is 0 Å². The second kappa shape index (κ2) is 7.58. The fourth-order valence-electron chi connectivity index (χ4n) is 2.24. The summed E-state index contributed by atoms with van der Waals surface area (Å²) in [5, 5.41) is 2.52. The number of rotatable bonds is 6. The molecule has 27 heavy (non-hydrogen) atoms. The van der Waals surface area contributed by atoms with Crippen LogP contribution >= 0.6 is 0 Å². The summed E-state index contributed by atoms with van der Waals surface area (Å²) >= 11 is 0. The number of anilines is 3. The number of para-hydroxylation sites is 1. The normalized spacial score (nSPS) is 11.1. The van der Waals surface area contributed by atoms with Gasteiger partial charge < -0.3 is 10.1 Å². The summed E-state index contributed by atoms with van der Waals surface area (Å²) in [5.74, 6) is -0.833. The van der Waals surface area contributed by atoms with E-state index in [0.29, 0.717) is 5.75 Å². The van der Waals surface area contributed by atoms with Crippen molar-refractivity contribution in [3.05, 3.63) is 72.4 Å². The van der Waals surface area contributed by atoms with Gasteiger partial charge in [0.05, 0.1) is 23.9 Å². The van der Waals surface area contributed by atoms with Crippen LogP contribution in [0.15, 0.2) is 65.7 Å². The third-order valence-corrected chi connectivity index (χ3v) is 5.00. The van der Waals surface area contributed by atoms with Gasteiger partial charge in [0.25, 0.3) is 10.0 Å². The van der Waals surface area contributed by atoms with Crippen LogP contribution in [0, 0.1) is 11.6 Å². The second-order valence-electron chi connectivity index (χ2n) is 5.43. The minimum Gasteiger partial charge on any atom is -0.497 e. The zero-order valence-corrected chi connectivity index (χ0v) is 14.9. The van der Waals surface area contributed by atoms with E-state index in [9.17, 15) is 17.2 Å². The molecule has 0 saturated carbocycles. The minimum absolute atomic E-state index is 0.0546. The predicted octanol–water partition coefficient (Wildman–Crippen LogP) is 3.91. The molecule has 1 heterocycles. The maximum atomic E-state index is 13.6. The monoisotopic (exact) mass is 391 g/mol. The van der Waals surface area contributed by atoms with Crippen molar-refractivity contribution in [3.8, 4) is 5.75 Å². The first-order valence-electron chi connectivity index (χ1n) is 7.73. The van der Waals surface area contributed by atoms with Crippen LogP contribution in [0.1, 0.15) is 0 Å². The molecule has 9 heteroatoms. The van der Waals surface area contributed by atoms with Gasteiger partial charge in [-0.3, -0.25) is 4.72 Å². The number of pyridine rings is 1. The van der Waals surface area contributed by atoms with Gasteiger partial charge in [0, 0.05) is 0 Å². The lowest BCUT2D eigenvalue weighted by atomic mass is 10.3. The first kappa shape index (κ1) is 18.6. The van der Waals surface area contributed by atoms with E-state index in [0.717, 1.165) is 12.1 Å². The highest BCUT2D eigenvalue weighted by atomic mass is 32.2. The van der Waals surface area contributed by atoms with E-state index in [-0.39, 0.29) is 22.1 Å². The number of aromatic nitrogens is 1. The van der Waals surface area contributed by atoms with E-state index in [1.54, 1.807) is 0 Å². The highest BCUT2D eigenvalue weighted by Crippen LogP contribution is 2.23. The molecule has 6 nitrogen and oxygen atoms in total. The van der Waals surface area contributed by atoms with Crippen LogP contribution < -0.4 is 14.8 Å². The molecule has 2 aromatic carbocycles. The smallest absolute Gasteiger partial charge is 0.261 e. The molecule has 0 radical (unpaired) electrons. The van der Waals surface area contributed by atoms with Crippen molar-refractivity contribution < 1.29 is 21.9 Å². The summed E-state index contributed by atoms with van der Waals surface area (Å²) in [4.78, 5) is 4.02. The summed E-state index contributed by atoms with van der Waals surface area (Å²) in [6, 6.07) is 12.2. The van der Waals surface area contributed by atoms with E-state index in [2.05, 4.69) is 15.0 Å². The molecule has 0 fully saturated rings. The Morgan fingerprint density at radius 1 is 0.963 bits per heavy atom. The highest BCUT2D eigenvalue weighted by molar-refractivity contribution is 7.92. The van der Waals surface area contributed by atoms with Crippen molar-refractivity contribution in [2.75, 3.05) is 17.1 Å². The lowest BCUT2D eigenvalue weighted by Gasteiger charge is -2.10. The average Bonchev–Trinajstić information content (AvgIpc) is 2.66. The summed E-state index contributed by atoms with van der Waals surface area (Å²) < 4.78 is 59.4. The number of hydrogen-bond acceptors (Lipinski definition) is 5. The summed E-state index contributed by atoms with van der Waals surface area (Å²) in [6.45, 7) is 0. The van der Waals surface area contributed by atoms with Gasteiger partial charge in [0.2, 0.25) is 0 Å². The molecule has 3 aromatic rings. The largest absolute Gasteiger partial charge is 0.497 e. The van der Waals surface area contributed by atoms with Crippen molar-refractivity contribution in [2.24, 2.45) is 0 Å². The molecule has 2 N–H and O–H groups in total. The SMILES string of the molecule is COc1ccc(S(=O)(=O)Nc2ccc(Nc3c(F)cccc3F)nc2)cc1. The third kappa shape index (κ3) is 4.32. The number of nitrogens with zero attached hydrogens (tertiary/aromatic N) is 1. The topological polar surface area (TPSA) is 80.3 Å². The number of ether oxygens (including phenoxy) is 1. The Labute approximate surface area is 154 Å². The second-order valence-corrected chi connectivity index (χ2v) is 7.12. The van der Waals surface area contributed by atoms with E-state index in [1.165, 1.54) is 55.8 Å². The highest BCUT2D eigenvalue weighted by Gasteiger charge is 2.15. The van der Waals surface area contributed by atoms with E-state index >= 15 is 0 Å². The Hall–Kier alpha value is -3.20. The molecule has 1 aromatic heterocycles. The lowest BCUT2D eigenvalue weighted by Crippen LogP contribution is -2.13. The van der Waals surface area contributed by atoms with Gasteiger partial charge in [-0.05, 0) is 48.5 Å². The molecule has 0 aliphatic carbocycles. The zero-order chi connectivity index (χ0) is 19.4. The van der Waals surface area contributed by atoms with Gasteiger partial charge in [-0.2, -0.15) is 0 Å². The average molecular weight is 391 g/mol. The molecule has 3 rings (SSSR count). The molecule has 0 saturated heterocycles. The molecule has 0 atom stereocenters. The Kier molecular flexibility index (Phi) is 5.22. The van der Waals surface area contributed by atoms with Crippen LogP contribution in [-0.2, 0) is 10.0 Å². The Balaban J connectivity index is 1.75. The summed E-state index contributed by atoms with van der Waals surface area (Å²) in [7, 11) is -2.33. The molecule has 0 bridgehead atoms. The van der Waals surface area contributed by atoms with E-state index in [1.807, 2.05) is 0 Å². The zero-order valence-electron chi connectivity index (χ0n) is 14.1. The number of halogens is 2. The van der Waals surface area contributed by atoms with Crippen LogP contribution in [0.4, 0.5) is 26.0 Å². The maximum Gasteiger partial charge on any atom is 0.261 e. The molecule has 0 unspecified atom stereocenters. The van der Waals surface area contributed by atoms with Gasteiger partial charge in [0.15, 0.2) is 0 Å². The first-order valence-corrected chi connectivity index (χ1v) is 9.21. The van der Waals surface area contributed by atoms with Gasteiger partial charge in [-0.25, -0.2) is 22.2 Å². The van der Waals surface area contributed by atoms with Crippen molar-refractivity contribution >= 4 is 27.2 Å². The van der Waals surface area contributed by atoms with Gasteiger partial charge in [-0.1, -0.05) is 6.07 Å². The van der Waals surface area contributed by atoms with Gasteiger partial charge >= 0.3 is 0 Å². The van der Waals surface area contributed by atoms with E-state index < -0.39 is 21.7 Å². The number of benzene rings is 2. The standard InChI is InChI=1S/C18H15F2N3O3S/c1-26-13-6-8-14(9-7-13)27(24,25)23-12-5-10-17(21-11-12)22-18-15(19)3-2-4-16(18)20/h2-11,23H,1H3,(H,21,22). The number of nitrogens with one attached hydrogen (secondary N) is 2. The van der Waals surface area contributed by atoms with Crippen LogP contribution in [-0.4, -0.2) is 20.5 Å². The fraction of sp³-hybridized carbons (Fsp3) is 0.0556. The first-order chi connectivity index (χ1) is 12.9. The van der Waals surface area contributed by atoms with Crippen LogP contribution in [0.25, 0.3) is 0 Å². The Morgan fingerprint density at radius 2 is 1.63 bits per heavy atom. The predicted molar refractivity (Wildman–Crippen MR) is 97.7 cm³/mol. The van der Waals surface area contributed by atoms with Gasteiger partial charge in [-0.15, -0.1) is 0 Å². The van der Waals surface area contributed by atoms with Gasteiger partial charge in [0.1, 0.15) is 28.9 Å². The Morgan fingerprint density at radius 3 is 2.19 bits per heavy atom. The van der Waals surface area contributed by atoms with Crippen LogP contribution in [0.2, 0.25) is 0 Å². The number of sulfonamides is 1. The summed E-state index contributed by atoms with van der Waals surface area (Å²) in [6.07, 6.45) is 1.24. The van der Waals surface area contributed by atoms with E-state index in [4.69, 9.17) is 4.74 Å². The molecule has 0 amide bonds. The lowest BCUT2D eigenvalue weighted by molar-refractivity contribution is 0.414. The fourth-order valence-corrected chi connectivity index (χ4v) is 3.29. The quantitative estimate of drug-likeness (QED) is 0.666. The summed E-state index contributed by atoms with van der Waals surface area (Å²) in [5.41, 5.74) is -0.137. The number of methoxy groups -OCH3 is 1. The maximum absolute atomic E-state index is 13.6. The molecule has 0 aliphatic heterocycles. The van der Waals surface area contributed by atoms with Crippen LogP contribution in [0.5, 0.6) is 5.75 Å². The van der Waals surface area contributed by atoms with Crippen LogP contribution in [0.3, 0.4) is 0 Å². The number of hydrogen-bond donors (Lipinski definition) is 2.